The lowest BCUT2D eigenvalue weighted by Gasteiger charge is -1.96. The summed E-state index contributed by atoms with van der Waals surface area (Å²) >= 11 is 1.73. The maximum Gasteiger partial charge on any atom is 0.135 e. The predicted octanol–water partition coefficient (Wildman–Crippen LogP) is 3.97. The first-order valence-electron chi connectivity index (χ1n) is 6.43. The number of rotatable bonds is 4. The summed E-state index contributed by atoms with van der Waals surface area (Å²) in [5.41, 5.74) is 2.06. The van der Waals surface area contributed by atoms with Crippen LogP contribution in [0.1, 0.15) is 17.6 Å². The number of benzene rings is 1. The molecule has 3 nitrogen and oxygen atoms in total. The molecule has 0 radical (unpaired) electrons. The molecule has 0 saturated carbocycles. The van der Waals surface area contributed by atoms with Crippen LogP contribution in [0.25, 0.3) is 21.5 Å². The average Bonchev–Trinajstić information content (AvgIpc) is 2.99. The lowest BCUT2D eigenvalue weighted by atomic mass is 10.1. The SMILES string of the molecule is CCNCc1cnc(-c2c(C)oc3ccccc23)s1. The lowest BCUT2D eigenvalue weighted by molar-refractivity contribution is 0.580. The van der Waals surface area contributed by atoms with Crippen molar-refractivity contribution in [2.24, 2.45) is 0 Å². The molecule has 0 spiro atoms. The summed E-state index contributed by atoms with van der Waals surface area (Å²) in [7, 11) is 0. The van der Waals surface area contributed by atoms with Crippen molar-refractivity contribution in [2.75, 3.05) is 6.54 Å². The van der Waals surface area contributed by atoms with Crippen LogP contribution >= 0.6 is 11.3 Å². The van der Waals surface area contributed by atoms with E-state index in [2.05, 4.69) is 23.3 Å². The standard InChI is InChI=1S/C15H16N2OS/c1-3-16-8-11-9-17-15(19-11)14-10(2)18-13-7-5-4-6-12(13)14/h4-7,9,16H,3,8H2,1-2H3. The molecular formula is C15H16N2OS. The van der Waals surface area contributed by atoms with E-state index in [9.17, 15) is 0 Å². The number of furan rings is 1. The minimum absolute atomic E-state index is 0.878. The Kier molecular flexibility index (Phi) is 3.36. The summed E-state index contributed by atoms with van der Waals surface area (Å²) in [6.45, 7) is 5.96. The molecule has 0 aliphatic rings. The average molecular weight is 272 g/mol. The van der Waals surface area contributed by atoms with Gasteiger partial charge in [-0.1, -0.05) is 25.1 Å². The Labute approximate surface area is 116 Å². The highest BCUT2D eigenvalue weighted by Crippen LogP contribution is 2.36. The first-order valence-corrected chi connectivity index (χ1v) is 7.25. The second kappa shape index (κ2) is 5.15. The number of fused-ring (bicyclic) bond motifs is 1. The Morgan fingerprint density at radius 2 is 2.16 bits per heavy atom. The van der Waals surface area contributed by atoms with E-state index in [0.717, 1.165) is 40.4 Å². The Morgan fingerprint density at radius 3 is 3.00 bits per heavy atom. The maximum absolute atomic E-state index is 5.79. The molecule has 3 rings (SSSR count). The molecule has 19 heavy (non-hydrogen) atoms. The fourth-order valence-corrected chi connectivity index (χ4v) is 3.18. The van der Waals surface area contributed by atoms with Crippen LogP contribution in [0.3, 0.4) is 0 Å². The zero-order chi connectivity index (χ0) is 13.2. The van der Waals surface area contributed by atoms with Gasteiger partial charge in [0.25, 0.3) is 0 Å². The summed E-state index contributed by atoms with van der Waals surface area (Å²) in [5.74, 6) is 0.936. The molecule has 0 aliphatic heterocycles. The highest BCUT2D eigenvalue weighted by Gasteiger charge is 2.15. The van der Waals surface area contributed by atoms with E-state index in [-0.39, 0.29) is 0 Å². The van der Waals surface area contributed by atoms with Gasteiger partial charge in [0, 0.05) is 23.0 Å². The molecule has 1 aromatic carbocycles. The molecule has 0 amide bonds. The summed E-state index contributed by atoms with van der Waals surface area (Å²) in [4.78, 5) is 5.79. The van der Waals surface area contributed by atoms with E-state index < -0.39 is 0 Å². The molecule has 0 unspecified atom stereocenters. The fourth-order valence-electron chi connectivity index (χ4n) is 2.19. The monoisotopic (exact) mass is 272 g/mol. The molecule has 0 bridgehead atoms. The topological polar surface area (TPSA) is 38.1 Å². The minimum Gasteiger partial charge on any atom is -0.461 e. The second-order valence-corrected chi connectivity index (χ2v) is 5.56. The minimum atomic E-state index is 0.878. The van der Waals surface area contributed by atoms with Crippen molar-refractivity contribution < 1.29 is 4.42 Å². The van der Waals surface area contributed by atoms with E-state index >= 15 is 0 Å². The zero-order valence-electron chi connectivity index (χ0n) is 11.1. The van der Waals surface area contributed by atoms with Gasteiger partial charge >= 0.3 is 0 Å². The molecule has 1 N–H and O–H groups in total. The molecule has 98 valence electrons. The summed E-state index contributed by atoms with van der Waals surface area (Å²) in [6, 6.07) is 8.12. The van der Waals surface area contributed by atoms with E-state index in [4.69, 9.17) is 4.42 Å². The molecule has 4 heteroatoms. The first-order chi connectivity index (χ1) is 9.29. The molecule has 0 fully saturated rings. The lowest BCUT2D eigenvalue weighted by Crippen LogP contribution is -2.10. The third-order valence-electron chi connectivity index (χ3n) is 3.09. The molecule has 0 saturated heterocycles. The van der Waals surface area contributed by atoms with Crippen LogP contribution in [0.2, 0.25) is 0 Å². The van der Waals surface area contributed by atoms with Gasteiger partial charge in [-0.15, -0.1) is 11.3 Å². The van der Waals surface area contributed by atoms with E-state index in [1.165, 1.54) is 4.88 Å². The van der Waals surface area contributed by atoms with Crippen molar-refractivity contribution in [3.8, 4) is 10.6 Å². The predicted molar refractivity (Wildman–Crippen MR) is 79.4 cm³/mol. The van der Waals surface area contributed by atoms with Crippen molar-refractivity contribution in [3.05, 3.63) is 41.1 Å². The maximum atomic E-state index is 5.79. The van der Waals surface area contributed by atoms with Gasteiger partial charge in [0.15, 0.2) is 0 Å². The number of aryl methyl sites for hydroxylation is 1. The fraction of sp³-hybridized carbons (Fsp3) is 0.267. The molecule has 3 aromatic rings. The first kappa shape index (κ1) is 12.4. The van der Waals surface area contributed by atoms with Gasteiger partial charge in [-0.3, -0.25) is 0 Å². The smallest absolute Gasteiger partial charge is 0.135 e. The highest BCUT2D eigenvalue weighted by molar-refractivity contribution is 7.15. The van der Waals surface area contributed by atoms with Crippen molar-refractivity contribution >= 4 is 22.3 Å². The van der Waals surface area contributed by atoms with Crippen molar-refractivity contribution in [1.29, 1.82) is 0 Å². The Morgan fingerprint density at radius 1 is 1.32 bits per heavy atom. The second-order valence-electron chi connectivity index (χ2n) is 4.44. The van der Waals surface area contributed by atoms with E-state index in [1.54, 1.807) is 11.3 Å². The van der Waals surface area contributed by atoms with Crippen LogP contribution in [0, 0.1) is 6.92 Å². The summed E-state index contributed by atoms with van der Waals surface area (Å²) < 4.78 is 5.79. The number of aromatic nitrogens is 1. The van der Waals surface area contributed by atoms with Crippen LogP contribution in [0.4, 0.5) is 0 Å². The van der Waals surface area contributed by atoms with E-state index in [1.807, 2.05) is 31.3 Å². The number of thiazole rings is 1. The van der Waals surface area contributed by atoms with Crippen LogP contribution in [-0.4, -0.2) is 11.5 Å². The van der Waals surface area contributed by atoms with Gasteiger partial charge in [-0.25, -0.2) is 4.98 Å². The molecule has 0 aliphatic carbocycles. The number of hydrogen-bond acceptors (Lipinski definition) is 4. The Balaban J connectivity index is 2.04. The van der Waals surface area contributed by atoms with Crippen molar-refractivity contribution in [3.63, 3.8) is 0 Å². The van der Waals surface area contributed by atoms with Gasteiger partial charge in [-0.2, -0.15) is 0 Å². The Hall–Kier alpha value is -1.65. The van der Waals surface area contributed by atoms with Crippen LogP contribution < -0.4 is 5.32 Å². The number of nitrogens with zero attached hydrogens (tertiary/aromatic N) is 1. The van der Waals surface area contributed by atoms with Crippen molar-refractivity contribution in [2.45, 2.75) is 20.4 Å². The molecule has 2 aromatic heterocycles. The third kappa shape index (κ3) is 2.29. The van der Waals surface area contributed by atoms with Crippen LogP contribution in [-0.2, 0) is 6.54 Å². The zero-order valence-corrected chi connectivity index (χ0v) is 11.9. The number of hydrogen-bond donors (Lipinski definition) is 1. The van der Waals surface area contributed by atoms with Crippen LogP contribution in [0.15, 0.2) is 34.9 Å². The number of para-hydroxylation sites is 1. The largest absolute Gasteiger partial charge is 0.461 e. The van der Waals surface area contributed by atoms with Gasteiger partial charge in [0.2, 0.25) is 0 Å². The Bertz CT molecular complexity index is 699. The van der Waals surface area contributed by atoms with E-state index in [0.29, 0.717) is 0 Å². The quantitative estimate of drug-likeness (QED) is 0.781. The van der Waals surface area contributed by atoms with Crippen molar-refractivity contribution in [1.82, 2.24) is 10.3 Å². The highest BCUT2D eigenvalue weighted by atomic mass is 32.1. The van der Waals surface area contributed by atoms with Gasteiger partial charge in [-0.05, 0) is 19.5 Å². The molecule has 0 atom stereocenters. The van der Waals surface area contributed by atoms with Gasteiger partial charge in [0.1, 0.15) is 16.4 Å². The summed E-state index contributed by atoms with van der Waals surface area (Å²) in [5, 5.41) is 5.50. The molecule has 2 heterocycles. The summed E-state index contributed by atoms with van der Waals surface area (Å²) in [6.07, 6.45) is 1.95. The normalized spacial score (nSPS) is 11.3. The van der Waals surface area contributed by atoms with Gasteiger partial charge < -0.3 is 9.73 Å². The number of nitrogens with one attached hydrogen (secondary N) is 1. The van der Waals surface area contributed by atoms with Crippen LogP contribution in [0.5, 0.6) is 0 Å². The third-order valence-corrected chi connectivity index (χ3v) is 4.10. The molecular weight excluding hydrogens is 256 g/mol. The van der Waals surface area contributed by atoms with Gasteiger partial charge in [0.05, 0.1) is 5.56 Å².